The van der Waals surface area contributed by atoms with Gasteiger partial charge in [0.05, 0.1) is 12.6 Å². The molecule has 0 fully saturated rings. The van der Waals surface area contributed by atoms with E-state index in [4.69, 9.17) is 22.9 Å². The molecule has 40 heavy (non-hydrogen) atoms. The topological polar surface area (TPSA) is 270 Å². The number of carbonyl (C=O) groups is 5. The second-order valence-corrected chi connectivity index (χ2v) is 10.4. The lowest BCUT2D eigenvalue weighted by molar-refractivity contribution is -0.142. The summed E-state index contributed by atoms with van der Waals surface area (Å²) in [6.45, 7) is 7.45. The fourth-order valence-electron chi connectivity index (χ4n) is 3.73. The molecule has 230 valence electrons. The van der Waals surface area contributed by atoms with Gasteiger partial charge in [0.2, 0.25) is 23.6 Å². The maximum atomic E-state index is 13.1. The summed E-state index contributed by atoms with van der Waals surface area (Å²) in [5, 5.41) is 19.5. The zero-order valence-electron chi connectivity index (χ0n) is 24.1. The molecule has 0 saturated carbocycles. The Bertz CT molecular complexity index is 862. The van der Waals surface area contributed by atoms with Crippen LogP contribution in [0.4, 0.5) is 0 Å². The fourth-order valence-corrected chi connectivity index (χ4v) is 3.73. The first-order valence-electron chi connectivity index (χ1n) is 13.6. The average molecular weight is 572 g/mol. The zero-order chi connectivity index (χ0) is 30.8. The highest BCUT2D eigenvalue weighted by molar-refractivity contribution is 5.94. The van der Waals surface area contributed by atoms with E-state index in [1.807, 2.05) is 13.8 Å². The van der Waals surface area contributed by atoms with Gasteiger partial charge in [-0.25, -0.2) is 4.79 Å². The second-order valence-electron chi connectivity index (χ2n) is 10.4. The van der Waals surface area contributed by atoms with E-state index in [2.05, 4.69) is 26.3 Å². The Balaban J connectivity index is 5.24. The lowest BCUT2D eigenvalue weighted by atomic mass is 9.99. The van der Waals surface area contributed by atoms with Crippen molar-refractivity contribution < 1.29 is 29.1 Å². The summed E-state index contributed by atoms with van der Waals surface area (Å²) in [4.78, 5) is 66.2. The molecule has 0 bridgehead atoms. The van der Waals surface area contributed by atoms with E-state index < -0.39 is 60.3 Å². The predicted molar refractivity (Wildman–Crippen MR) is 152 cm³/mol. The van der Waals surface area contributed by atoms with Crippen LogP contribution in [0.3, 0.4) is 0 Å². The molecule has 4 amide bonds. The first-order valence-corrected chi connectivity index (χ1v) is 13.6. The highest BCUT2D eigenvalue weighted by Gasteiger charge is 2.30. The summed E-state index contributed by atoms with van der Waals surface area (Å²) >= 11 is 0. The maximum absolute atomic E-state index is 13.1. The van der Waals surface area contributed by atoms with Crippen LogP contribution in [0.15, 0.2) is 4.99 Å². The monoisotopic (exact) mass is 571 g/mol. The highest BCUT2D eigenvalue weighted by atomic mass is 16.4. The van der Waals surface area contributed by atoms with Crippen molar-refractivity contribution >= 4 is 35.6 Å². The van der Waals surface area contributed by atoms with E-state index >= 15 is 0 Å². The number of nitrogens with one attached hydrogen (secondary N) is 4. The Kier molecular flexibility index (Phi) is 17.9. The first-order chi connectivity index (χ1) is 18.7. The molecule has 0 aliphatic carbocycles. The van der Waals surface area contributed by atoms with Gasteiger partial charge in [0.1, 0.15) is 18.1 Å². The van der Waals surface area contributed by atoms with Crippen molar-refractivity contribution in [3.63, 3.8) is 0 Å². The molecule has 0 aliphatic rings. The van der Waals surface area contributed by atoms with Gasteiger partial charge in [-0.15, -0.1) is 0 Å². The maximum Gasteiger partial charge on any atom is 0.326 e. The number of hydrogen-bond donors (Lipinski definition) is 9. The normalized spacial score (nSPS) is 14.0. The molecule has 0 aliphatic heterocycles. The van der Waals surface area contributed by atoms with Gasteiger partial charge < -0.3 is 49.3 Å². The van der Waals surface area contributed by atoms with Crippen molar-refractivity contribution in [3.8, 4) is 0 Å². The Morgan fingerprint density at radius 3 is 1.98 bits per heavy atom. The van der Waals surface area contributed by atoms with Crippen LogP contribution in [0.1, 0.15) is 66.2 Å². The van der Waals surface area contributed by atoms with E-state index in [-0.39, 0.29) is 37.2 Å². The van der Waals surface area contributed by atoms with Gasteiger partial charge in [-0.3, -0.25) is 24.2 Å². The Labute approximate surface area is 236 Å². The van der Waals surface area contributed by atoms with E-state index in [0.29, 0.717) is 32.2 Å². The number of carboxylic acids is 1. The molecule has 0 saturated heterocycles. The summed E-state index contributed by atoms with van der Waals surface area (Å²) in [5.41, 5.74) is 22.0. The van der Waals surface area contributed by atoms with Crippen LogP contribution in [0.25, 0.3) is 0 Å². The number of hydrogen-bond acceptors (Lipinski definition) is 8. The smallest absolute Gasteiger partial charge is 0.326 e. The van der Waals surface area contributed by atoms with Crippen LogP contribution in [0.2, 0.25) is 0 Å². The van der Waals surface area contributed by atoms with E-state index in [1.165, 1.54) is 0 Å². The standard InChI is InChI=1S/C25H49N9O6/c1-14(2)12-16(27)21(36)34-20(15(3)4)23(38)33-17(8-5-6-10-26)22(37)31-13-19(35)32-18(24(39)40)9-7-11-30-25(28)29/h14-18,20H,5-13,26-27H2,1-4H3,(H,31,37)(H,32,35)(H,33,38)(H,34,36)(H,39,40)(H4,28,29,30)/t16-,17-,18-,20-/m0/s1. The Morgan fingerprint density at radius 1 is 0.825 bits per heavy atom. The van der Waals surface area contributed by atoms with Crippen LogP contribution >= 0.6 is 0 Å². The van der Waals surface area contributed by atoms with Gasteiger partial charge in [-0.05, 0) is 56.9 Å². The number of carboxylic acid groups (broad SMARTS) is 1. The molecule has 0 radical (unpaired) electrons. The molecule has 13 N–H and O–H groups in total. The minimum absolute atomic E-state index is 0.0761. The molecule has 15 nitrogen and oxygen atoms in total. The Morgan fingerprint density at radius 2 is 1.45 bits per heavy atom. The van der Waals surface area contributed by atoms with Crippen LogP contribution < -0.4 is 44.2 Å². The van der Waals surface area contributed by atoms with Crippen LogP contribution in [0.5, 0.6) is 0 Å². The molecule has 0 unspecified atom stereocenters. The summed E-state index contributed by atoms with van der Waals surface area (Å²) < 4.78 is 0. The van der Waals surface area contributed by atoms with Crippen molar-refractivity contribution in [1.82, 2.24) is 21.3 Å². The molecule has 15 heteroatoms. The summed E-state index contributed by atoms with van der Waals surface area (Å²) in [6, 6.07) is -3.92. The molecule has 0 heterocycles. The molecule has 0 aromatic heterocycles. The number of nitrogens with two attached hydrogens (primary N) is 4. The first kappa shape index (κ1) is 36.5. The van der Waals surface area contributed by atoms with Crippen molar-refractivity contribution in [1.29, 1.82) is 0 Å². The average Bonchev–Trinajstić information content (AvgIpc) is 2.85. The third-order valence-electron chi connectivity index (χ3n) is 5.89. The molecule has 0 aromatic rings. The van der Waals surface area contributed by atoms with Gasteiger partial charge in [-0.1, -0.05) is 27.7 Å². The zero-order valence-corrected chi connectivity index (χ0v) is 24.1. The van der Waals surface area contributed by atoms with Gasteiger partial charge in [0.15, 0.2) is 5.96 Å². The summed E-state index contributed by atoms with van der Waals surface area (Å²) in [6.07, 6.45) is 2.21. The number of amides is 4. The van der Waals surface area contributed by atoms with Crippen molar-refractivity contribution in [3.05, 3.63) is 0 Å². The van der Waals surface area contributed by atoms with E-state index in [9.17, 15) is 29.1 Å². The van der Waals surface area contributed by atoms with Crippen molar-refractivity contribution in [2.24, 2.45) is 39.8 Å². The lowest BCUT2D eigenvalue weighted by Gasteiger charge is -2.26. The molecule has 0 spiro atoms. The molecule has 0 aromatic carbocycles. The summed E-state index contributed by atoms with van der Waals surface area (Å²) in [5.74, 6) is -3.86. The number of rotatable bonds is 20. The molecule has 4 atom stereocenters. The van der Waals surface area contributed by atoms with Crippen LogP contribution in [0, 0.1) is 11.8 Å². The van der Waals surface area contributed by atoms with Gasteiger partial charge in [-0.2, -0.15) is 0 Å². The fraction of sp³-hybridized carbons (Fsp3) is 0.760. The number of aliphatic imine (C=N–C) groups is 1. The van der Waals surface area contributed by atoms with E-state index in [0.717, 1.165) is 0 Å². The number of aliphatic carboxylic acids is 1. The van der Waals surface area contributed by atoms with Crippen molar-refractivity contribution in [2.75, 3.05) is 19.6 Å². The third-order valence-corrected chi connectivity index (χ3v) is 5.89. The van der Waals surface area contributed by atoms with E-state index in [1.54, 1.807) is 13.8 Å². The third kappa shape index (κ3) is 15.8. The second kappa shape index (κ2) is 19.6. The minimum Gasteiger partial charge on any atom is -0.480 e. The van der Waals surface area contributed by atoms with Gasteiger partial charge in [0, 0.05) is 6.54 Å². The Hall–Kier alpha value is -3.46. The molecular formula is C25H49N9O6. The largest absolute Gasteiger partial charge is 0.480 e. The predicted octanol–water partition coefficient (Wildman–Crippen LogP) is -2.15. The number of nitrogens with zero attached hydrogens (tertiary/aromatic N) is 1. The number of unbranched alkanes of at least 4 members (excludes halogenated alkanes) is 1. The molecule has 0 rings (SSSR count). The van der Waals surface area contributed by atoms with Crippen molar-refractivity contribution in [2.45, 2.75) is 90.4 Å². The minimum atomic E-state index is -1.24. The van der Waals surface area contributed by atoms with Crippen LogP contribution in [-0.2, 0) is 24.0 Å². The number of guanidine groups is 1. The number of carbonyl (C=O) groups excluding carboxylic acids is 4. The SMILES string of the molecule is CC(C)C[C@H](N)C(=O)N[C@H](C(=O)N[C@@H](CCCCN)C(=O)NCC(=O)N[C@@H](CCCN=C(N)N)C(=O)O)C(C)C. The van der Waals surface area contributed by atoms with Gasteiger partial charge >= 0.3 is 5.97 Å². The van der Waals surface area contributed by atoms with Crippen LogP contribution in [-0.4, -0.2) is 84.5 Å². The lowest BCUT2D eigenvalue weighted by Crippen LogP contribution is -2.58. The highest BCUT2D eigenvalue weighted by Crippen LogP contribution is 2.08. The summed E-state index contributed by atoms with van der Waals surface area (Å²) in [7, 11) is 0. The van der Waals surface area contributed by atoms with Gasteiger partial charge in [0.25, 0.3) is 0 Å². The quantitative estimate of drug-likeness (QED) is 0.0434. The molecular weight excluding hydrogens is 522 g/mol.